The Kier molecular flexibility index (Phi) is 5.49. The average Bonchev–Trinajstić information content (AvgIpc) is 3.49. The fraction of sp³-hybridized carbons (Fsp3) is 0.346. The molecule has 2 aromatic carbocycles. The third kappa shape index (κ3) is 4.49. The van der Waals surface area contributed by atoms with Crippen molar-refractivity contribution in [2.75, 3.05) is 0 Å². The van der Waals surface area contributed by atoms with Crippen LogP contribution in [0.2, 0.25) is 0 Å². The SMILES string of the molecule is CC1(c2ccc([C@H](NC(=O)c3cc(=O)[nH]c(-c4ccccc4)n3)C(C)(C)C)cc2F)CC1. The van der Waals surface area contributed by atoms with E-state index in [1.165, 1.54) is 12.1 Å². The number of nitrogens with zero attached hydrogens (tertiary/aromatic N) is 1. The van der Waals surface area contributed by atoms with Gasteiger partial charge < -0.3 is 10.3 Å². The minimum absolute atomic E-state index is 0.0180. The standard InChI is InChI=1S/C26H28FN3O2/c1-25(2,3)22(17-10-11-18(19(27)14-17)26(4)12-13-26)30-24(32)20-15-21(31)29-23(28-20)16-8-6-5-7-9-16/h5-11,14-15,22H,12-13H2,1-4H3,(H,30,32)(H,28,29,31)/t22-/m0/s1. The number of aromatic nitrogens is 2. The van der Waals surface area contributed by atoms with Crippen molar-refractivity contribution in [3.8, 4) is 11.4 Å². The van der Waals surface area contributed by atoms with Gasteiger partial charge in [0.25, 0.3) is 11.5 Å². The number of nitrogens with one attached hydrogen (secondary N) is 2. The lowest BCUT2D eigenvalue weighted by molar-refractivity contribution is 0.0896. The Morgan fingerprint density at radius 2 is 1.81 bits per heavy atom. The Labute approximate surface area is 187 Å². The summed E-state index contributed by atoms with van der Waals surface area (Å²) in [6, 6.07) is 15.1. The molecule has 2 N–H and O–H groups in total. The topological polar surface area (TPSA) is 74.8 Å². The molecule has 4 rings (SSSR count). The van der Waals surface area contributed by atoms with Crippen molar-refractivity contribution in [1.82, 2.24) is 15.3 Å². The quantitative estimate of drug-likeness (QED) is 0.585. The summed E-state index contributed by atoms with van der Waals surface area (Å²) in [5.74, 6) is -0.401. The van der Waals surface area contributed by atoms with Crippen LogP contribution in [0.4, 0.5) is 4.39 Å². The van der Waals surface area contributed by atoms with Gasteiger partial charge in [-0.2, -0.15) is 0 Å². The van der Waals surface area contributed by atoms with E-state index in [4.69, 9.17) is 0 Å². The third-order valence-electron chi connectivity index (χ3n) is 6.14. The number of aromatic amines is 1. The van der Waals surface area contributed by atoms with Crippen LogP contribution in [0.1, 0.15) is 68.2 Å². The highest BCUT2D eigenvalue weighted by Gasteiger charge is 2.41. The van der Waals surface area contributed by atoms with Crippen molar-refractivity contribution < 1.29 is 9.18 Å². The summed E-state index contributed by atoms with van der Waals surface area (Å²) in [5.41, 5.74) is 1.25. The number of H-pyrrole nitrogens is 1. The van der Waals surface area contributed by atoms with E-state index < -0.39 is 22.9 Å². The lowest BCUT2D eigenvalue weighted by atomic mass is 9.81. The highest BCUT2D eigenvalue weighted by Crippen LogP contribution is 2.49. The average molecular weight is 434 g/mol. The van der Waals surface area contributed by atoms with E-state index in [9.17, 15) is 14.0 Å². The van der Waals surface area contributed by atoms with E-state index in [0.29, 0.717) is 17.0 Å². The smallest absolute Gasteiger partial charge is 0.270 e. The lowest BCUT2D eigenvalue weighted by Crippen LogP contribution is -2.37. The number of carbonyl (C=O) groups excluding carboxylic acids is 1. The first-order valence-corrected chi connectivity index (χ1v) is 10.8. The number of halogens is 1. The van der Waals surface area contributed by atoms with Gasteiger partial charge in [0.05, 0.1) is 6.04 Å². The number of benzene rings is 2. The van der Waals surface area contributed by atoms with Crippen molar-refractivity contribution in [3.05, 3.63) is 87.6 Å². The molecule has 5 nitrogen and oxygen atoms in total. The van der Waals surface area contributed by atoms with E-state index in [-0.39, 0.29) is 16.9 Å². The molecular formula is C26H28FN3O2. The maximum atomic E-state index is 14.9. The van der Waals surface area contributed by atoms with Gasteiger partial charge in [-0.05, 0) is 40.9 Å². The fourth-order valence-electron chi connectivity index (χ4n) is 3.97. The summed E-state index contributed by atoms with van der Waals surface area (Å²) in [6.45, 7) is 8.00. The number of hydrogen-bond donors (Lipinski definition) is 2. The Balaban J connectivity index is 1.65. The number of carbonyl (C=O) groups is 1. The highest BCUT2D eigenvalue weighted by molar-refractivity contribution is 5.93. The van der Waals surface area contributed by atoms with Gasteiger partial charge in [0.15, 0.2) is 0 Å². The van der Waals surface area contributed by atoms with Gasteiger partial charge in [0.1, 0.15) is 17.3 Å². The van der Waals surface area contributed by atoms with Crippen LogP contribution in [0.5, 0.6) is 0 Å². The molecule has 32 heavy (non-hydrogen) atoms. The van der Waals surface area contributed by atoms with Crippen molar-refractivity contribution in [3.63, 3.8) is 0 Å². The van der Waals surface area contributed by atoms with Gasteiger partial charge in [0, 0.05) is 11.6 Å². The monoisotopic (exact) mass is 433 g/mol. The van der Waals surface area contributed by atoms with E-state index in [2.05, 4.69) is 22.2 Å². The molecule has 1 aliphatic carbocycles. The molecule has 1 aliphatic rings. The maximum Gasteiger partial charge on any atom is 0.270 e. The normalized spacial score (nSPS) is 15.8. The Bertz CT molecular complexity index is 1210. The molecule has 1 heterocycles. The maximum absolute atomic E-state index is 14.9. The van der Waals surface area contributed by atoms with Gasteiger partial charge in [-0.15, -0.1) is 0 Å². The van der Waals surface area contributed by atoms with Crippen LogP contribution in [0.3, 0.4) is 0 Å². The van der Waals surface area contributed by atoms with Crippen LogP contribution < -0.4 is 10.9 Å². The predicted molar refractivity (Wildman–Crippen MR) is 123 cm³/mol. The zero-order valence-corrected chi connectivity index (χ0v) is 18.8. The van der Waals surface area contributed by atoms with E-state index in [0.717, 1.165) is 18.4 Å². The van der Waals surface area contributed by atoms with Gasteiger partial charge in [-0.25, -0.2) is 9.37 Å². The van der Waals surface area contributed by atoms with Gasteiger partial charge >= 0.3 is 0 Å². The molecule has 0 saturated heterocycles. The molecule has 0 aliphatic heterocycles. The van der Waals surface area contributed by atoms with Gasteiger partial charge in [-0.3, -0.25) is 9.59 Å². The van der Waals surface area contributed by atoms with E-state index in [1.54, 1.807) is 0 Å². The molecule has 3 aromatic rings. The third-order valence-corrected chi connectivity index (χ3v) is 6.14. The Morgan fingerprint density at radius 3 is 2.41 bits per heavy atom. The molecule has 166 valence electrons. The minimum atomic E-state index is -0.480. The first-order valence-electron chi connectivity index (χ1n) is 10.8. The number of rotatable bonds is 5. The van der Waals surface area contributed by atoms with Crippen LogP contribution in [-0.4, -0.2) is 15.9 Å². The Morgan fingerprint density at radius 1 is 1.12 bits per heavy atom. The minimum Gasteiger partial charge on any atom is -0.343 e. The van der Waals surface area contributed by atoms with Crippen LogP contribution in [0.25, 0.3) is 11.4 Å². The summed E-state index contributed by atoms with van der Waals surface area (Å²) in [4.78, 5) is 32.3. The fourth-order valence-corrected chi connectivity index (χ4v) is 3.97. The zero-order chi connectivity index (χ0) is 23.1. The molecule has 1 saturated carbocycles. The predicted octanol–water partition coefficient (Wildman–Crippen LogP) is 5.14. The second-order valence-electron chi connectivity index (χ2n) is 9.92. The van der Waals surface area contributed by atoms with Gasteiger partial charge in [0.2, 0.25) is 0 Å². The van der Waals surface area contributed by atoms with Crippen LogP contribution in [-0.2, 0) is 5.41 Å². The lowest BCUT2D eigenvalue weighted by Gasteiger charge is -2.32. The van der Waals surface area contributed by atoms with Gasteiger partial charge in [-0.1, -0.05) is 70.2 Å². The molecule has 1 fully saturated rings. The van der Waals surface area contributed by atoms with Crippen molar-refractivity contribution >= 4 is 5.91 Å². The molecule has 6 heteroatoms. The van der Waals surface area contributed by atoms with Crippen molar-refractivity contribution in [2.24, 2.45) is 5.41 Å². The van der Waals surface area contributed by atoms with Crippen molar-refractivity contribution in [1.29, 1.82) is 0 Å². The number of hydrogen-bond acceptors (Lipinski definition) is 3. The number of amides is 1. The molecule has 0 spiro atoms. The first-order chi connectivity index (χ1) is 15.1. The molecule has 0 unspecified atom stereocenters. The second-order valence-corrected chi connectivity index (χ2v) is 9.92. The van der Waals surface area contributed by atoms with E-state index >= 15 is 0 Å². The molecule has 0 bridgehead atoms. The van der Waals surface area contributed by atoms with Crippen molar-refractivity contribution in [2.45, 2.75) is 52.0 Å². The van der Waals surface area contributed by atoms with Crippen LogP contribution >= 0.6 is 0 Å². The summed E-state index contributed by atoms with van der Waals surface area (Å²) < 4.78 is 14.9. The highest BCUT2D eigenvalue weighted by atomic mass is 19.1. The molecule has 1 aromatic heterocycles. The molecule has 1 amide bonds. The summed E-state index contributed by atoms with van der Waals surface area (Å²) in [7, 11) is 0. The van der Waals surface area contributed by atoms with Crippen LogP contribution in [0, 0.1) is 11.2 Å². The molecular weight excluding hydrogens is 405 g/mol. The summed E-state index contributed by atoms with van der Waals surface area (Å²) in [5, 5.41) is 2.98. The molecule has 1 atom stereocenters. The van der Waals surface area contributed by atoms with Crippen LogP contribution in [0.15, 0.2) is 59.4 Å². The molecule has 0 radical (unpaired) electrons. The second kappa shape index (κ2) is 8.01. The van der Waals surface area contributed by atoms with E-state index in [1.807, 2.05) is 63.2 Å². The zero-order valence-electron chi connectivity index (χ0n) is 18.8. The summed E-state index contributed by atoms with van der Waals surface area (Å²) in [6.07, 6.45) is 1.97. The largest absolute Gasteiger partial charge is 0.343 e. The first kappa shape index (κ1) is 21.9. The summed E-state index contributed by atoms with van der Waals surface area (Å²) >= 11 is 0. The Hall–Kier alpha value is -3.28.